The fourth-order valence-electron chi connectivity index (χ4n) is 2.81. The van der Waals surface area contributed by atoms with Gasteiger partial charge in [0.25, 0.3) is 5.56 Å². The Kier molecular flexibility index (Phi) is 6.73. The molecule has 0 amide bonds. The first-order valence-corrected chi connectivity index (χ1v) is 9.17. The van der Waals surface area contributed by atoms with Crippen LogP contribution in [-0.2, 0) is 19.6 Å². The van der Waals surface area contributed by atoms with E-state index in [1.165, 1.54) is 6.07 Å². The fourth-order valence-corrected chi connectivity index (χ4v) is 2.81. The topological polar surface area (TPSA) is 58.4 Å². The number of rotatable bonds is 6. The van der Waals surface area contributed by atoms with Crippen LogP contribution in [0, 0.1) is 11.6 Å². The Bertz CT molecular complexity index is 1050. The van der Waals surface area contributed by atoms with Gasteiger partial charge >= 0.3 is 0 Å². The van der Waals surface area contributed by atoms with Crippen molar-refractivity contribution in [3.8, 4) is 0 Å². The highest BCUT2D eigenvalue weighted by Gasteiger charge is 2.05. The quantitative estimate of drug-likeness (QED) is 0.497. The first kappa shape index (κ1) is 20.3. The molecule has 0 radical (unpaired) electrons. The minimum Gasteiger partial charge on any atom is -0.352 e. The summed E-state index contributed by atoms with van der Waals surface area (Å²) < 4.78 is 28.6. The van der Waals surface area contributed by atoms with Crippen LogP contribution in [0.25, 0.3) is 0 Å². The molecule has 5 nitrogen and oxygen atoms in total. The maximum atomic E-state index is 13.7. The monoisotopic (exact) mass is 396 g/mol. The van der Waals surface area contributed by atoms with Crippen LogP contribution in [0.15, 0.2) is 76.6 Å². The Balaban J connectivity index is 1.53. The highest BCUT2D eigenvalue weighted by Crippen LogP contribution is 2.09. The van der Waals surface area contributed by atoms with Gasteiger partial charge in [0.15, 0.2) is 5.96 Å². The van der Waals surface area contributed by atoms with Crippen molar-refractivity contribution < 1.29 is 8.78 Å². The van der Waals surface area contributed by atoms with Crippen molar-refractivity contribution in [3.63, 3.8) is 0 Å². The number of nitrogens with zero attached hydrogens (tertiary/aromatic N) is 2. The molecule has 150 valence electrons. The predicted octanol–water partition coefficient (Wildman–Crippen LogP) is 3.04. The molecule has 1 aromatic heterocycles. The smallest absolute Gasteiger partial charge is 0.250 e. The third kappa shape index (κ3) is 5.75. The minimum atomic E-state index is -0.482. The zero-order valence-electron chi connectivity index (χ0n) is 16.0. The third-order valence-electron chi connectivity index (χ3n) is 4.41. The molecule has 1 heterocycles. The number of halogens is 2. The Morgan fingerprint density at radius 3 is 2.41 bits per heavy atom. The molecule has 2 N–H and O–H groups in total. The number of aromatic nitrogens is 1. The zero-order chi connectivity index (χ0) is 20.6. The maximum absolute atomic E-state index is 13.7. The molecule has 29 heavy (non-hydrogen) atoms. The summed E-state index contributed by atoms with van der Waals surface area (Å²) in [6.45, 7) is 1.14. The lowest BCUT2D eigenvalue weighted by Crippen LogP contribution is -2.36. The molecule has 0 aliphatic carbocycles. The van der Waals surface area contributed by atoms with E-state index < -0.39 is 11.6 Å². The van der Waals surface area contributed by atoms with Crippen molar-refractivity contribution in [1.29, 1.82) is 0 Å². The number of nitrogens with one attached hydrogen (secondary N) is 2. The highest BCUT2D eigenvalue weighted by atomic mass is 19.1. The molecule has 0 fully saturated rings. The van der Waals surface area contributed by atoms with E-state index in [1.54, 1.807) is 23.9 Å². The standard InChI is InChI=1S/C22H22F2N4O/c1-25-22(27-14-18-12-19(23)9-10-20(18)24)26-13-16-5-7-17(8-6-16)15-28-11-3-2-4-21(28)29/h2-12H,13-15H2,1H3,(H2,25,26,27). The van der Waals surface area contributed by atoms with Gasteiger partial charge in [0, 0.05) is 38.0 Å². The van der Waals surface area contributed by atoms with E-state index in [9.17, 15) is 13.6 Å². The van der Waals surface area contributed by atoms with Gasteiger partial charge in [0.05, 0.1) is 6.54 Å². The van der Waals surface area contributed by atoms with E-state index in [-0.39, 0.29) is 17.7 Å². The molecule has 7 heteroatoms. The van der Waals surface area contributed by atoms with Crippen LogP contribution in [0.4, 0.5) is 8.78 Å². The summed E-state index contributed by atoms with van der Waals surface area (Å²) in [6.07, 6.45) is 1.76. The second-order valence-electron chi connectivity index (χ2n) is 6.50. The van der Waals surface area contributed by atoms with Gasteiger partial charge in [-0.2, -0.15) is 0 Å². The Labute approximate surface area is 167 Å². The fraction of sp³-hybridized carbons (Fsp3) is 0.182. The van der Waals surface area contributed by atoms with Crippen molar-refractivity contribution in [3.05, 3.63) is 106 Å². The Morgan fingerprint density at radius 2 is 1.69 bits per heavy atom. The van der Waals surface area contributed by atoms with E-state index in [1.807, 2.05) is 30.3 Å². The molecule has 3 aromatic rings. The van der Waals surface area contributed by atoms with Crippen molar-refractivity contribution in [2.75, 3.05) is 7.05 Å². The molecule has 2 aromatic carbocycles. The molecule has 0 saturated heterocycles. The maximum Gasteiger partial charge on any atom is 0.250 e. The molecule has 0 aliphatic rings. The molecule has 0 unspecified atom stereocenters. The van der Waals surface area contributed by atoms with Crippen LogP contribution in [0.1, 0.15) is 16.7 Å². The van der Waals surface area contributed by atoms with Gasteiger partial charge in [-0.3, -0.25) is 9.79 Å². The second-order valence-corrected chi connectivity index (χ2v) is 6.50. The van der Waals surface area contributed by atoms with Crippen LogP contribution in [-0.4, -0.2) is 17.6 Å². The van der Waals surface area contributed by atoms with E-state index in [0.717, 1.165) is 29.3 Å². The molecule has 0 bridgehead atoms. The molecule has 3 rings (SSSR count). The summed E-state index contributed by atoms with van der Waals surface area (Å²) in [7, 11) is 1.61. The number of guanidine groups is 1. The van der Waals surface area contributed by atoms with Crippen LogP contribution in [0.5, 0.6) is 0 Å². The molecule has 0 saturated carbocycles. The van der Waals surface area contributed by atoms with Gasteiger partial charge in [-0.25, -0.2) is 8.78 Å². The molecule has 0 atom stereocenters. The van der Waals surface area contributed by atoms with Crippen LogP contribution in [0.3, 0.4) is 0 Å². The number of benzene rings is 2. The number of hydrogen-bond donors (Lipinski definition) is 2. The van der Waals surface area contributed by atoms with E-state index in [0.29, 0.717) is 19.0 Å². The van der Waals surface area contributed by atoms with E-state index >= 15 is 0 Å². The summed E-state index contributed by atoms with van der Waals surface area (Å²) in [5.41, 5.74) is 2.23. The number of aliphatic imine (C=N–C) groups is 1. The van der Waals surface area contributed by atoms with Gasteiger partial charge < -0.3 is 15.2 Å². The van der Waals surface area contributed by atoms with Gasteiger partial charge in [0.1, 0.15) is 11.6 Å². The predicted molar refractivity (Wildman–Crippen MR) is 110 cm³/mol. The van der Waals surface area contributed by atoms with Crippen molar-refractivity contribution >= 4 is 5.96 Å². The lowest BCUT2D eigenvalue weighted by molar-refractivity contribution is 0.581. The molecular weight excluding hydrogens is 374 g/mol. The SMILES string of the molecule is CN=C(NCc1ccc(Cn2ccccc2=O)cc1)NCc1cc(F)ccc1F. The van der Waals surface area contributed by atoms with Gasteiger partial charge in [-0.15, -0.1) is 0 Å². The average Bonchev–Trinajstić information content (AvgIpc) is 2.73. The van der Waals surface area contributed by atoms with E-state index in [4.69, 9.17) is 0 Å². The van der Waals surface area contributed by atoms with Gasteiger partial charge in [0.2, 0.25) is 0 Å². The second kappa shape index (κ2) is 9.64. The van der Waals surface area contributed by atoms with E-state index in [2.05, 4.69) is 15.6 Å². The third-order valence-corrected chi connectivity index (χ3v) is 4.41. The lowest BCUT2D eigenvalue weighted by Gasteiger charge is -2.13. The van der Waals surface area contributed by atoms with Crippen molar-refractivity contribution in [2.24, 2.45) is 4.99 Å². The van der Waals surface area contributed by atoms with Crippen LogP contribution >= 0.6 is 0 Å². The zero-order valence-corrected chi connectivity index (χ0v) is 16.0. The molecular formula is C22H22F2N4O. The lowest BCUT2D eigenvalue weighted by atomic mass is 10.1. The molecule has 0 spiro atoms. The Morgan fingerprint density at radius 1 is 0.966 bits per heavy atom. The van der Waals surface area contributed by atoms with Gasteiger partial charge in [-0.1, -0.05) is 30.3 Å². The van der Waals surface area contributed by atoms with Crippen LogP contribution < -0.4 is 16.2 Å². The van der Waals surface area contributed by atoms with Gasteiger partial charge in [-0.05, 0) is 35.4 Å². The van der Waals surface area contributed by atoms with Crippen molar-refractivity contribution in [2.45, 2.75) is 19.6 Å². The summed E-state index contributed by atoms with van der Waals surface area (Å²) in [5, 5.41) is 6.10. The normalized spacial score (nSPS) is 11.3. The summed E-state index contributed by atoms with van der Waals surface area (Å²) in [6, 6.07) is 16.3. The van der Waals surface area contributed by atoms with Crippen molar-refractivity contribution in [1.82, 2.24) is 15.2 Å². The first-order chi connectivity index (χ1) is 14.0. The first-order valence-electron chi connectivity index (χ1n) is 9.17. The average molecular weight is 396 g/mol. The van der Waals surface area contributed by atoms with Crippen LogP contribution in [0.2, 0.25) is 0 Å². The highest BCUT2D eigenvalue weighted by molar-refractivity contribution is 5.79. The minimum absolute atomic E-state index is 0.0390. The summed E-state index contributed by atoms with van der Waals surface area (Å²) >= 11 is 0. The summed E-state index contributed by atoms with van der Waals surface area (Å²) in [4.78, 5) is 15.9. The largest absolute Gasteiger partial charge is 0.352 e. The molecule has 0 aliphatic heterocycles. The number of pyridine rings is 1. The Hall–Kier alpha value is -3.48. The number of hydrogen-bond acceptors (Lipinski definition) is 2. The summed E-state index contributed by atoms with van der Waals surface area (Å²) in [5.74, 6) is -0.472.